The van der Waals surface area contributed by atoms with Gasteiger partial charge in [0, 0.05) is 19.7 Å². The highest BCUT2D eigenvalue weighted by molar-refractivity contribution is 5.78. The highest BCUT2D eigenvalue weighted by atomic mass is 16.5. The second kappa shape index (κ2) is 6.56. The van der Waals surface area contributed by atoms with Crippen LogP contribution in [0.15, 0.2) is 0 Å². The number of carboxylic acid groups (broad SMARTS) is 1. The number of carboxylic acids is 1. The Balaban J connectivity index is 2.42. The van der Waals surface area contributed by atoms with Crippen molar-refractivity contribution in [2.45, 2.75) is 37.8 Å². The van der Waals surface area contributed by atoms with E-state index in [-0.39, 0.29) is 31.0 Å². The van der Waals surface area contributed by atoms with E-state index in [4.69, 9.17) is 15.6 Å². The smallest absolute Gasteiger partial charge is 0.308 e. The molecule has 0 radical (unpaired) electrons. The van der Waals surface area contributed by atoms with Crippen molar-refractivity contribution in [1.29, 1.82) is 0 Å². The van der Waals surface area contributed by atoms with Crippen molar-refractivity contribution >= 4 is 11.9 Å². The highest BCUT2D eigenvalue weighted by Crippen LogP contribution is 2.25. The van der Waals surface area contributed by atoms with Crippen molar-refractivity contribution in [3.05, 3.63) is 0 Å². The Kier molecular flexibility index (Phi) is 5.37. The van der Waals surface area contributed by atoms with Gasteiger partial charge in [-0.15, -0.1) is 0 Å². The van der Waals surface area contributed by atoms with Crippen LogP contribution in [0.4, 0.5) is 0 Å². The summed E-state index contributed by atoms with van der Waals surface area (Å²) in [4.78, 5) is 22.6. The average molecular weight is 244 g/mol. The van der Waals surface area contributed by atoms with Crippen LogP contribution in [-0.2, 0) is 14.3 Å². The molecule has 0 heterocycles. The fraction of sp³-hybridized carbons (Fsp3) is 0.818. The molecule has 3 atom stereocenters. The molecule has 1 fully saturated rings. The van der Waals surface area contributed by atoms with E-state index in [1.165, 1.54) is 7.11 Å². The third-order valence-electron chi connectivity index (χ3n) is 3.19. The van der Waals surface area contributed by atoms with Crippen LogP contribution in [0.5, 0.6) is 0 Å². The molecule has 4 N–H and O–H groups in total. The number of rotatable bonds is 6. The van der Waals surface area contributed by atoms with Crippen LogP contribution in [0.25, 0.3) is 0 Å². The summed E-state index contributed by atoms with van der Waals surface area (Å²) < 4.78 is 5.01. The van der Waals surface area contributed by atoms with E-state index < -0.39 is 11.9 Å². The van der Waals surface area contributed by atoms with Crippen LogP contribution in [0.3, 0.4) is 0 Å². The Morgan fingerprint density at radius 3 is 2.76 bits per heavy atom. The van der Waals surface area contributed by atoms with Gasteiger partial charge in [0.05, 0.1) is 18.4 Å². The number of aliphatic carboxylic acids is 1. The van der Waals surface area contributed by atoms with Gasteiger partial charge in [-0.05, 0) is 12.8 Å². The fourth-order valence-corrected chi connectivity index (χ4v) is 2.16. The van der Waals surface area contributed by atoms with Crippen molar-refractivity contribution in [2.24, 2.45) is 11.7 Å². The molecule has 98 valence electrons. The first-order valence-electron chi connectivity index (χ1n) is 5.83. The van der Waals surface area contributed by atoms with Gasteiger partial charge in [0.2, 0.25) is 5.91 Å². The van der Waals surface area contributed by atoms with E-state index >= 15 is 0 Å². The van der Waals surface area contributed by atoms with E-state index in [1.807, 2.05) is 0 Å². The SMILES string of the molecule is COC(CN)CC(=O)NC1CCCC1C(=O)O. The number of hydrogen-bond acceptors (Lipinski definition) is 4. The average Bonchev–Trinajstić information content (AvgIpc) is 2.74. The molecule has 3 unspecified atom stereocenters. The number of carbonyl (C=O) groups excluding carboxylic acids is 1. The molecule has 1 amide bonds. The Morgan fingerprint density at radius 1 is 1.53 bits per heavy atom. The van der Waals surface area contributed by atoms with Gasteiger partial charge in [-0.25, -0.2) is 0 Å². The third-order valence-corrected chi connectivity index (χ3v) is 3.19. The summed E-state index contributed by atoms with van der Waals surface area (Å²) in [6.45, 7) is 0.275. The Bertz CT molecular complexity index is 279. The maximum absolute atomic E-state index is 11.7. The van der Waals surface area contributed by atoms with Gasteiger partial charge < -0.3 is 20.9 Å². The monoisotopic (exact) mass is 244 g/mol. The Morgan fingerprint density at radius 2 is 2.24 bits per heavy atom. The largest absolute Gasteiger partial charge is 0.481 e. The first-order chi connectivity index (χ1) is 8.08. The second-order valence-corrected chi connectivity index (χ2v) is 4.35. The molecule has 0 bridgehead atoms. The minimum Gasteiger partial charge on any atom is -0.481 e. The third kappa shape index (κ3) is 3.98. The topological polar surface area (TPSA) is 102 Å². The van der Waals surface area contributed by atoms with Crippen LogP contribution in [0.2, 0.25) is 0 Å². The summed E-state index contributed by atoms with van der Waals surface area (Å²) in [6.07, 6.45) is 2.07. The molecule has 1 saturated carbocycles. The number of methoxy groups -OCH3 is 1. The molecule has 1 aliphatic rings. The number of amides is 1. The molecule has 0 aromatic heterocycles. The van der Waals surface area contributed by atoms with Crippen molar-refractivity contribution in [3.63, 3.8) is 0 Å². The zero-order valence-corrected chi connectivity index (χ0v) is 10.0. The summed E-state index contributed by atoms with van der Waals surface area (Å²) in [6, 6.07) is -0.254. The van der Waals surface area contributed by atoms with Crippen LogP contribution < -0.4 is 11.1 Å². The lowest BCUT2D eigenvalue weighted by Crippen LogP contribution is -2.42. The highest BCUT2D eigenvalue weighted by Gasteiger charge is 2.33. The molecule has 0 spiro atoms. The number of hydrogen-bond donors (Lipinski definition) is 3. The number of ether oxygens (including phenoxy) is 1. The summed E-state index contributed by atoms with van der Waals surface area (Å²) in [5.74, 6) is -1.49. The molecule has 0 aromatic carbocycles. The van der Waals surface area contributed by atoms with E-state index in [2.05, 4.69) is 5.32 Å². The molecule has 0 aromatic rings. The van der Waals surface area contributed by atoms with Crippen molar-refractivity contribution in [2.75, 3.05) is 13.7 Å². The summed E-state index contributed by atoms with van der Waals surface area (Å²) >= 11 is 0. The first-order valence-corrected chi connectivity index (χ1v) is 5.83. The van der Waals surface area contributed by atoms with E-state index in [9.17, 15) is 9.59 Å². The van der Waals surface area contributed by atoms with E-state index in [0.717, 1.165) is 12.8 Å². The fourth-order valence-electron chi connectivity index (χ4n) is 2.16. The van der Waals surface area contributed by atoms with Crippen LogP contribution in [0.1, 0.15) is 25.7 Å². The van der Waals surface area contributed by atoms with Gasteiger partial charge in [-0.3, -0.25) is 9.59 Å². The lowest BCUT2D eigenvalue weighted by molar-refractivity contribution is -0.142. The molecule has 0 aliphatic heterocycles. The number of carbonyl (C=O) groups is 2. The van der Waals surface area contributed by atoms with Crippen molar-refractivity contribution < 1.29 is 19.4 Å². The molecule has 17 heavy (non-hydrogen) atoms. The van der Waals surface area contributed by atoms with Gasteiger partial charge in [-0.1, -0.05) is 6.42 Å². The summed E-state index contributed by atoms with van der Waals surface area (Å²) in [7, 11) is 1.50. The summed E-state index contributed by atoms with van der Waals surface area (Å²) in [5, 5.41) is 11.7. The molecule has 6 nitrogen and oxygen atoms in total. The molecule has 6 heteroatoms. The Hall–Kier alpha value is -1.14. The predicted octanol–water partition coefficient (Wildman–Crippen LogP) is -0.280. The van der Waals surface area contributed by atoms with Crippen LogP contribution in [-0.4, -0.2) is 42.8 Å². The van der Waals surface area contributed by atoms with E-state index in [1.54, 1.807) is 0 Å². The minimum absolute atomic E-state index is 0.176. The zero-order chi connectivity index (χ0) is 12.8. The van der Waals surface area contributed by atoms with Gasteiger partial charge in [-0.2, -0.15) is 0 Å². The molecule has 0 saturated heterocycles. The lowest BCUT2D eigenvalue weighted by atomic mass is 10.0. The lowest BCUT2D eigenvalue weighted by Gasteiger charge is -2.19. The van der Waals surface area contributed by atoms with Gasteiger partial charge in [0.1, 0.15) is 0 Å². The van der Waals surface area contributed by atoms with Gasteiger partial charge in [0.15, 0.2) is 0 Å². The zero-order valence-electron chi connectivity index (χ0n) is 10.0. The second-order valence-electron chi connectivity index (χ2n) is 4.35. The predicted molar refractivity (Wildman–Crippen MR) is 61.4 cm³/mol. The maximum atomic E-state index is 11.7. The van der Waals surface area contributed by atoms with Crippen molar-refractivity contribution in [1.82, 2.24) is 5.32 Å². The van der Waals surface area contributed by atoms with Crippen molar-refractivity contribution in [3.8, 4) is 0 Å². The number of nitrogens with two attached hydrogens (primary N) is 1. The quantitative estimate of drug-likeness (QED) is 0.596. The van der Waals surface area contributed by atoms with Crippen LogP contribution >= 0.6 is 0 Å². The van der Waals surface area contributed by atoms with Crippen LogP contribution in [0, 0.1) is 5.92 Å². The summed E-state index contributed by atoms with van der Waals surface area (Å²) in [5.41, 5.74) is 5.42. The standard InChI is InChI=1S/C11H20N2O4/c1-17-7(6-12)5-10(14)13-9-4-2-3-8(9)11(15)16/h7-9H,2-6,12H2,1H3,(H,13,14)(H,15,16). The maximum Gasteiger partial charge on any atom is 0.308 e. The first kappa shape index (κ1) is 13.9. The molecule has 1 aliphatic carbocycles. The molecular formula is C11H20N2O4. The minimum atomic E-state index is -0.838. The number of nitrogens with one attached hydrogen (secondary N) is 1. The molecule has 1 rings (SSSR count). The van der Waals surface area contributed by atoms with E-state index in [0.29, 0.717) is 6.42 Å². The molecular weight excluding hydrogens is 224 g/mol. The van der Waals surface area contributed by atoms with Gasteiger partial charge >= 0.3 is 5.97 Å². The Labute approximate surface area is 101 Å². The van der Waals surface area contributed by atoms with Gasteiger partial charge in [0.25, 0.3) is 0 Å². The normalized spacial score (nSPS) is 25.5.